The number of unbranched alkanes of at least 4 members (excludes halogenated alkanes) is 31. The maximum atomic E-state index is 12.7. The van der Waals surface area contributed by atoms with Gasteiger partial charge in [0, 0.05) is 19.3 Å². The number of rotatable bonds is 44. The number of hydrogen-bond donors (Lipinski definition) is 0. The molecule has 0 radical (unpaired) electrons. The van der Waals surface area contributed by atoms with Crippen LogP contribution in [-0.2, 0) is 28.6 Å². The molecule has 0 saturated heterocycles. The summed E-state index contributed by atoms with van der Waals surface area (Å²) in [5.41, 5.74) is 0. The van der Waals surface area contributed by atoms with Crippen LogP contribution in [0.1, 0.15) is 272 Å². The average Bonchev–Trinajstić information content (AvgIpc) is 3.17. The molecule has 0 aliphatic carbocycles. The van der Waals surface area contributed by atoms with E-state index >= 15 is 0 Å². The van der Waals surface area contributed by atoms with Gasteiger partial charge in [0.2, 0.25) is 0 Å². The Morgan fingerprint density at radius 1 is 0.345 bits per heavy atom. The number of esters is 3. The SMILES string of the molecule is CCCCCCCCCCCCCCCCC(=O)OC[C@H](COC(=O)CCCCCCCCCCCC(C)C)OC(=O)CCCCCCCCCCCCC. The molecule has 6 heteroatoms. The van der Waals surface area contributed by atoms with Crippen molar-refractivity contribution in [2.24, 2.45) is 5.92 Å². The molecule has 0 heterocycles. The fourth-order valence-corrected chi connectivity index (χ4v) is 7.33. The molecular formula is C49H94O6. The molecule has 0 unspecified atom stereocenters. The minimum Gasteiger partial charge on any atom is -0.462 e. The van der Waals surface area contributed by atoms with Gasteiger partial charge >= 0.3 is 17.9 Å². The largest absolute Gasteiger partial charge is 0.462 e. The zero-order chi connectivity index (χ0) is 40.3. The average molecular weight is 779 g/mol. The summed E-state index contributed by atoms with van der Waals surface area (Å²) in [6, 6.07) is 0. The third kappa shape index (κ3) is 43.4. The van der Waals surface area contributed by atoms with E-state index in [2.05, 4.69) is 27.7 Å². The van der Waals surface area contributed by atoms with Crippen molar-refractivity contribution in [2.75, 3.05) is 13.2 Å². The van der Waals surface area contributed by atoms with Gasteiger partial charge in [-0.1, -0.05) is 233 Å². The van der Waals surface area contributed by atoms with Crippen LogP contribution >= 0.6 is 0 Å². The van der Waals surface area contributed by atoms with E-state index in [1.54, 1.807) is 0 Å². The Labute approximate surface area is 342 Å². The first kappa shape index (κ1) is 53.4. The zero-order valence-corrected chi connectivity index (χ0v) is 37.4. The number of hydrogen-bond acceptors (Lipinski definition) is 6. The molecule has 0 bridgehead atoms. The van der Waals surface area contributed by atoms with Gasteiger partial charge in [-0.25, -0.2) is 0 Å². The van der Waals surface area contributed by atoms with Crippen LogP contribution in [0.5, 0.6) is 0 Å². The summed E-state index contributed by atoms with van der Waals surface area (Å²) in [5.74, 6) is -0.0415. The van der Waals surface area contributed by atoms with Crippen molar-refractivity contribution in [1.29, 1.82) is 0 Å². The predicted molar refractivity (Wildman–Crippen MR) is 233 cm³/mol. The maximum Gasteiger partial charge on any atom is 0.306 e. The normalized spacial score (nSPS) is 11.9. The van der Waals surface area contributed by atoms with Crippen molar-refractivity contribution in [3.05, 3.63) is 0 Å². The van der Waals surface area contributed by atoms with E-state index in [0.29, 0.717) is 19.3 Å². The molecule has 0 aliphatic heterocycles. The molecular weight excluding hydrogens is 685 g/mol. The highest BCUT2D eigenvalue weighted by atomic mass is 16.6. The first-order chi connectivity index (χ1) is 26.9. The van der Waals surface area contributed by atoms with E-state index in [1.165, 1.54) is 167 Å². The Kier molecular flexibility index (Phi) is 42.3. The van der Waals surface area contributed by atoms with Gasteiger partial charge in [0.25, 0.3) is 0 Å². The minimum absolute atomic E-state index is 0.0633. The van der Waals surface area contributed by atoms with Crippen molar-refractivity contribution in [2.45, 2.75) is 278 Å². The van der Waals surface area contributed by atoms with E-state index in [0.717, 1.165) is 63.7 Å². The van der Waals surface area contributed by atoms with Crippen LogP contribution in [0.15, 0.2) is 0 Å². The lowest BCUT2D eigenvalue weighted by molar-refractivity contribution is -0.167. The summed E-state index contributed by atoms with van der Waals surface area (Å²) < 4.78 is 16.8. The lowest BCUT2D eigenvalue weighted by Crippen LogP contribution is -2.30. The van der Waals surface area contributed by atoms with Crippen LogP contribution in [0.4, 0.5) is 0 Å². The molecule has 0 aromatic heterocycles. The Hall–Kier alpha value is -1.59. The van der Waals surface area contributed by atoms with Gasteiger partial charge in [0.15, 0.2) is 6.10 Å². The van der Waals surface area contributed by atoms with E-state index in [9.17, 15) is 14.4 Å². The summed E-state index contributed by atoms with van der Waals surface area (Å²) in [6.07, 6.45) is 43.7. The standard InChI is InChI=1S/C49H94O6/c1-5-7-9-11-13-15-17-18-19-21-24-28-32-36-40-47(50)53-43-46(55-49(52)42-38-34-30-25-20-16-14-12-10-8-6-2)44-54-48(51)41-37-33-29-26-22-23-27-31-35-39-45(3)4/h45-46H,5-44H2,1-4H3/t46-/m1/s1. The molecule has 0 rings (SSSR count). The van der Waals surface area contributed by atoms with Gasteiger partial charge in [-0.05, 0) is 25.2 Å². The second-order valence-electron chi connectivity index (χ2n) is 17.2. The number of ether oxygens (including phenoxy) is 3. The molecule has 6 nitrogen and oxygen atoms in total. The second kappa shape index (κ2) is 43.5. The van der Waals surface area contributed by atoms with E-state index < -0.39 is 6.10 Å². The third-order valence-corrected chi connectivity index (χ3v) is 11.0. The number of carbonyl (C=O) groups is 3. The topological polar surface area (TPSA) is 78.9 Å². The van der Waals surface area contributed by atoms with Crippen molar-refractivity contribution in [3.8, 4) is 0 Å². The molecule has 1 atom stereocenters. The Morgan fingerprint density at radius 3 is 0.891 bits per heavy atom. The van der Waals surface area contributed by atoms with Crippen LogP contribution in [0, 0.1) is 5.92 Å². The summed E-state index contributed by atoms with van der Waals surface area (Å²) in [7, 11) is 0. The molecule has 0 amide bonds. The van der Waals surface area contributed by atoms with Gasteiger partial charge in [0.1, 0.15) is 13.2 Å². The third-order valence-electron chi connectivity index (χ3n) is 11.0. The van der Waals surface area contributed by atoms with Gasteiger partial charge in [-0.3, -0.25) is 14.4 Å². The monoisotopic (exact) mass is 779 g/mol. The van der Waals surface area contributed by atoms with Crippen LogP contribution < -0.4 is 0 Å². The fourth-order valence-electron chi connectivity index (χ4n) is 7.33. The molecule has 55 heavy (non-hydrogen) atoms. The molecule has 0 spiro atoms. The van der Waals surface area contributed by atoms with Crippen molar-refractivity contribution in [1.82, 2.24) is 0 Å². The smallest absolute Gasteiger partial charge is 0.306 e. The molecule has 0 fully saturated rings. The number of carbonyl (C=O) groups excluding carboxylic acids is 3. The van der Waals surface area contributed by atoms with E-state index in [4.69, 9.17) is 14.2 Å². The highest BCUT2D eigenvalue weighted by molar-refractivity contribution is 5.71. The molecule has 0 aromatic carbocycles. The Morgan fingerprint density at radius 2 is 0.600 bits per heavy atom. The summed E-state index contributed by atoms with van der Waals surface area (Å²) >= 11 is 0. The minimum atomic E-state index is -0.759. The zero-order valence-electron chi connectivity index (χ0n) is 37.4. The van der Waals surface area contributed by atoms with Gasteiger partial charge in [-0.2, -0.15) is 0 Å². The highest BCUT2D eigenvalue weighted by Crippen LogP contribution is 2.16. The molecule has 326 valence electrons. The lowest BCUT2D eigenvalue weighted by atomic mass is 10.0. The van der Waals surface area contributed by atoms with Crippen molar-refractivity contribution >= 4 is 17.9 Å². The first-order valence-electron chi connectivity index (χ1n) is 24.4. The van der Waals surface area contributed by atoms with Crippen molar-refractivity contribution in [3.63, 3.8) is 0 Å². The molecule has 0 N–H and O–H groups in total. The maximum absolute atomic E-state index is 12.7. The van der Waals surface area contributed by atoms with Crippen LogP contribution in [0.3, 0.4) is 0 Å². The van der Waals surface area contributed by atoms with Gasteiger partial charge in [0.05, 0.1) is 0 Å². The second-order valence-corrected chi connectivity index (χ2v) is 17.2. The molecule has 0 aliphatic rings. The first-order valence-corrected chi connectivity index (χ1v) is 24.4. The summed E-state index contributed by atoms with van der Waals surface area (Å²) in [4.78, 5) is 37.8. The predicted octanol–water partition coefficient (Wildman–Crippen LogP) is 15.5. The highest BCUT2D eigenvalue weighted by Gasteiger charge is 2.19. The molecule has 0 aromatic rings. The van der Waals surface area contributed by atoms with Crippen LogP contribution in [-0.4, -0.2) is 37.2 Å². The Bertz CT molecular complexity index is 826. The van der Waals surface area contributed by atoms with Crippen LogP contribution in [0.25, 0.3) is 0 Å². The molecule has 0 saturated carbocycles. The van der Waals surface area contributed by atoms with Gasteiger partial charge < -0.3 is 14.2 Å². The lowest BCUT2D eigenvalue weighted by Gasteiger charge is -2.18. The quantitative estimate of drug-likeness (QED) is 0.0348. The fraction of sp³-hybridized carbons (Fsp3) is 0.939. The van der Waals surface area contributed by atoms with E-state index in [1.807, 2.05) is 0 Å². The summed E-state index contributed by atoms with van der Waals surface area (Å²) in [5, 5.41) is 0. The van der Waals surface area contributed by atoms with Crippen LogP contribution in [0.2, 0.25) is 0 Å². The Balaban J connectivity index is 4.31. The van der Waals surface area contributed by atoms with Crippen molar-refractivity contribution < 1.29 is 28.6 Å². The van der Waals surface area contributed by atoms with E-state index in [-0.39, 0.29) is 31.1 Å². The summed E-state index contributed by atoms with van der Waals surface area (Å²) in [6.45, 7) is 8.99. The van der Waals surface area contributed by atoms with Gasteiger partial charge in [-0.15, -0.1) is 0 Å².